The molecule has 0 heterocycles. The Morgan fingerprint density at radius 1 is 1.39 bits per heavy atom. The Balaban J connectivity index is 0.00000289. The number of carbonyl (C=O) groups is 1. The summed E-state index contributed by atoms with van der Waals surface area (Å²) < 4.78 is 5.43. The van der Waals surface area contributed by atoms with Gasteiger partial charge in [-0.2, -0.15) is 0 Å². The average molecular weight is 314 g/mol. The first kappa shape index (κ1) is 17.3. The van der Waals surface area contributed by atoms with Crippen molar-refractivity contribution in [3.05, 3.63) is 28.2 Å². The third kappa shape index (κ3) is 6.31. The molecule has 7 heteroatoms. The van der Waals surface area contributed by atoms with Gasteiger partial charge in [-0.3, -0.25) is 4.79 Å². The molecule has 0 aromatic heterocycles. The minimum absolute atomic E-state index is 0. The number of amides is 1. The van der Waals surface area contributed by atoms with Crippen LogP contribution in [0, 0.1) is 0 Å². The standard InChI is InChI=1S/C11H14Cl2N2O2.ClH/c12-8-2-3-10(9(13)6-8)17-5-1-4-15-11(16)7-14;/h2-3,6H,1,4-5,7,14H2,(H,15,16);1H. The van der Waals surface area contributed by atoms with E-state index in [0.29, 0.717) is 35.4 Å². The zero-order chi connectivity index (χ0) is 12.7. The predicted molar refractivity (Wildman–Crippen MR) is 75.9 cm³/mol. The summed E-state index contributed by atoms with van der Waals surface area (Å²) in [5, 5.41) is 3.69. The fourth-order valence-corrected chi connectivity index (χ4v) is 1.61. The predicted octanol–water partition coefficient (Wildman–Crippen LogP) is 2.26. The molecule has 0 saturated heterocycles. The average Bonchev–Trinajstić information content (AvgIpc) is 2.30. The van der Waals surface area contributed by atoms with Gasteiger partial charge in [0.2, 0.25) is 5.91 Å². The minimum Gasteiger partial charge on any atom is -0.492 e. The summed E-state index contributed by atoms with van der Waals surface area (Å²) in [6, 6.07) is 5.04. The van der Waals surface area contributed by atoms with Gasteiger partial charge in [0.15, 0.2) is 0 Å². The highest BCUT2D eigenvalue weighted by molar-refractivity contribution is 6.35. The molecular weight excluding hydrogens is 298 g/mol. The second kappa shape index (κ2) is 9.28. The fraction of sp³-hybridized carbons (Fsp3) is 0.364. The zero-order valence-corrected chi connectivity index (χ0v) is 11.9. The number of halogens is 3. The van der Waals surface area contributed by atoms with Crippen LogP contribution in [0.5, 0.6) is 5.75 Å². The molecule has 18 heavy (non-hydrogen) atoms. The number of nitrogens with one attached hydrogen (secondary N) is 1. The maximum Gasteiger partial charge on any atom is 0.233 e. The van der Waals surface area contributed by atoms with Crippen molar-refractivity contribution in [1.82, 2.24) is 5.32 Å². The number of ether oxygens (including phenoxy) is 1. The van der Waals surface area contributed by atoms with Crippen molar-refractivity contribution >= 4 is 41.5 Å². The summed E-state index contributed by atoms with van der Waals surface area (Å²) in [4.78, 5) is 10.8. The lowest BCUT2D eigenvalue weighted by Crippen LogP contribution is -2.31. The molecule has 0 atom stereocenters. The molecule has 1 aromatic carbocycles. The molecular formula is C11H15Cl3N2O2. The van der Waals surface area contributed by atoms with Crippen molar-refractivity contribution in [3.8, 4) is 5.75 Å². The Hall–Kier alpha value is -0.680. The Labute approximate surface area is 122 Å². The Morgan fingerprint density at radius 3 is 2.72 bits per heavy atom. The maximum absolute atomic E-state index is 10.8. The number of hydrogen-bond acceptors (Lipinski definition) is 3. The van der Waals surface area contributed by atoms with Gasteiger partial charge in [0.25, 0.3) is 0 Å². The molecule has 0 radical (unpaired) electrons. The van der Waals surface area contributed by atoms with Gasteiger partial charge in [-0.25, -0.2) is 0 Å². The van der Waals surface area contributed by atoms with E-state index in [2.05, 4.69) is 5.32 Å². The van der Waals surface area contributed by atoms with Crippen LogP contribution in [0.15, 0.2) is 18.2 Å². The summed E-state index contributed by atoms with van der Waals surface area (Å²) in [6.45, 7) is 0.997. The first-order valence-electron chi connectivity index (χ1n) is 5.18. The van der Waals surface area contributed by atoms with E-state index in [9.17, 15) is 4.79 Å². The van der Waals surface area contributed by atoms with Crippen LogP contribution in [0.2, 0.25) is 10.0 Å². The van der Waals surface area contributed by atoms with Crippen LogP contribution in [0.25, 0.3) is 0 Å². The first-order chi connectivity index (χ1) is 8.13. The number of rotatable bonds is 6. The van der Waals surface area contributed by atoms with Crippen LogP contribution < -0.4 is 15.8 Å². The monoisotopic (exact) mass is 312 g/mol. The highest BCUT2D eigenvalue weighted by Crippen LogP contribution is 2.27. The van der Waals surface area contributed by atoms with E-state index >= 15 is 0 Å². The van der Waals surface area contributed by atoms with Crippen LogP contribution in [0.3, 0.4) is 0 Å². The molecule has 0 fully saturated rings. The van der Waals surface area contributed by atoms with Crippen LogP contribution in [0.1, 0.15) is 6.42 Å². The van der Waals surface area contributed by atoms with E-state index < -0.39 is 0 Å². The van der Waals surface area contributed by atoms with Gasteiger partial charge in [0.1, 0.15) is 5.75 Å². The van der Waals surface area contributed by atoms with Crippen molar-refractivity contribution in [1.29, 1.82) is 0 Å². The summed E-state index contributed by atoms with van der Waals surface area (Å²) in [7, 11) is 0. The largest absolute Gasteiger partial charge is 0.492 e. The van der Waals surface area contributed by atoms with Gasteiger partial charge < -0.3 is 15.8 Å². The van der Waals surface area contributed by atoms with E-state index in [4.69, 9.17) is 33.7 Å². The van der Waals surface area contributed by atoms with Crippen LogP contribution in [0.4, 0.5) is 0 Å². The molecule has 1 aromatic rings. The fourth-order valence-electron chi connectivity index (χ4n) is 1.15. The molecule has 1 amide bonds. The van der Waals surface area contributed by atoms with Gasteiger partial charge in [-0.15, -0.1) is 12.4 Å². The van der Waals surface area contributed by atoms with E-state index in [1.807, 2.05) is 0 Å². The number of benzene rings is 1. The Kier molecular flexibility index (Phi) is 8.93. The van der Waals surface area contributed by atoms with Crippen molar-refractivity contribution < 1.29 is 9.53 Å². The van der Waals surface area contributed by atoms with Crippen molar-refractivity contribution in [2.75, 3.05) is 19.7 Å². The molecule has 102 valence electrons. The molecule has 3 N–H and O–H groups in total. The van der Waals surface area contributed by atoms with Gasteiger partial charge in [-0.1, -0.05) is 23.2 Å². The van der Waals surface area contributed by atoms with E-state index in [1.54, 1.807) is 18.2 Å². The molecule has 0 unspecified atom stereocenters. The highest BCUT2D eigenvalue weighted by atomic mass is 35.5. The number of hydrogen-bond donors (Lipinski definition) is 2. The van der Waals surface area contributed by atoms with Gasteiger partial charge in [0.05, 0.1) is 18.2 Å². The molecule has 0 spiro atoms. The van der Waals surface area contributed by atoms with E-state index in [1.165, 1.54) is 0 Å². The second-order valence-electron chi connectivity index (χ2n) is 3.33. The van der Waals surface area contributed by atoms with Crippen molar-refractivity contribution in [2.45, 2.75) is 6.42 Å². The smallest absolute Gasteiger partial charge is 0.233 e. The normalized spacial score (nSPS) is 9.50. The SMILES string of the molecule is Cl.NCC(=O)NCCCOc1ccc(Cl)cc1Cl. The third-order valence-corrected chi connectivity index (χ3v) is 2.51. The molecule has 0 aliphatic rings. The minimum atomic E-state index is -0.172. The lowest BCUT2D eigenvalue weighted by molar-refractivity contribution is -0.119. The maximum atomic E-state index is 10.8. The number of carbonyl (C=O) groups excluding carboxylic acids is 1. The lowest BCUT2D eigenvalue weighted by atomic mass is 10.3. The summed E-state index contributed by atoms with van der Waals surface area (Å²) in [6.07, 6.45) is 0.685. The Morgan fingerprint density at radius 2 is 2.11 bits per heavy atom. The topological polar surface area (TPSA) is 64.4 Å². The van der Waals surface area contributed by atoms with Crippen LogP contribution in [-0.2, 0) is 4.79 Å². The Bertz CT molecular complexity index is 389. The quantitative estimate of drug-likeness (QED) is 0.792. The molecule has 0 aliphatic carbocycles. The first-order valence-corrected chi connectivity index (χ1v) is 5.93. The van der Waals surface area contributed by atoms with E-state index in [-0.39, 0.29) is 24.9 Å². The summed E-state index contributed by atoms with van der Waals surface area (Å²) >= 11 is 11.7. The van der Waals surface area contributed by atoms with Gasteiger partial charge in [-0.05, 0) is 24.6 Å². The van der Waals surface area contributed by atoms with Crippen molar-refractivity contribution in [3.63, 3.8) is 0 Å². The molecule has 0 saturated carbocycles. The van der Waals surface area contributed by atoms with Crippen LogP contribution >= 0.6 is 35.6 Å². The second-order valence-corrected chi connectivity index (χ2v) is 4.17. The number of nitrogens with two attached hydrogens (primary N) is 1. The van der Waals surface area contributed by atoms with E-state index in [0.717, 1.165) is 0 Å². The third-order valence-electron chi connectivity index (χ3n) is 1.98. The molecule has 4 nitrogen and oxygen atoms in total. The lowest BCUT2D eigenvalue weighted by Gasteiger charge is -2.08. The zero-order valence-electron chi connectivity index (χ0n) is 9.62. The van der Waals surface area contributed by atoms with Gasteiger partial charge in [0, 0.05) is 11.6 Å². The molecule has 1 rings (SSSR count). The summed E-state index contributed by atoms with van der Waals surface area (Å²) in [5.74, 6) is 0.413. The van der Waals surface area contributed by atoms with Gasteiger partial charge >= 0.3 is 0 Å². The summed E-state index contributed by atoms with van der Waals surface area (Å²) in [5.41, 5.74) is 5.14. The molecule has 0 bridgehead atoms. The highest BCUT2D eigenvalue weighted by Gasteiger charge is 2.02. The van der Waals surface area contributed by atoms with Crippen LogP contribution in [-0.4, -0.2) is 25.6 Å². The van der Waals surface area contributed by atoms with Crippen molar-refractivity contribution in [2.24, 2.45) is 5.73 Å². The molecule has 0 aliphatic heterocycles.